The molecule has 2 heterocycles. The van der Waals surface area contributed by atoms with Crippen LogP contribution in [0.5, 0.6) is 0 Å². The number of rotatable bonds is 5. The summed E-state index contributed by atoms with van der Waals surface area (Å²) in [7, 11) is 0. The number of hydrogen-bond donors (Lipinski definition) is 2. The van der Waals surface area contributed by atoms with E-state index in [9.17, 15) is 13.2 Å². The van der Waals surface area contributed by atoms with Gasteiger partial charge in [-0.3, -0.25) is 4.98 Å². The van der Waals surface area contributed by atoms with Gasteiger partial charge < -0.3 is 16.0 Å². The largest absolute Gasteiger partial charge is 0.416 e. The van der Waals surface area contributed by atoms with Crippen LogP contribution in [0.15, 0.2) is 65.4 Å². The molecule has 0 spiro atoms. The van der Waals surface area contributed by atoms with Gasteiger partial charge in [0, 0.05) is 34.9 Å². The van der Waals surface area contributed by atoms with Gasteiger partial charge in [-0.05, 0) is 42.0 Å². The van der Waals surface area contributed by atoms with Gasteiger partial charge in [-0.1, -0.05) is 35.5 Å². The van der Waals surface area contributed by atoms with Gasteiger partial charge in [-0.25, -0.2) is 0 Å². The summed E-state index contributed by atoms with van der Waals surface area (Å²) in [5.74, 6) is 0.152. The average molecular weight is 412 g/mol. The van der Waals surface area contributed by atoms with Crippen LogP contribution in [-0.2, 0) is 19.0 Å². The molecule has 0 aliphatic heterocycles. The third kappa shape index (κ3) is 4.13. The Morgan fingerprint density at radius 1 is 1.00 bits per heavy atom. The van der Waals surface area contributed by atoms with Crippen LogP contribution in [0.1, 0.15) is 16.7 Å². The molecule has 4 N–H and O–H groups in total. The minimum atomic E-state index is -4.39. The molecule has 4 aromatic rings. The fraction of sp³-hybridized carbons (Fsp3) is 0.182. The zero-order chi connectivity index (χ0) is 21.3. The summed E-state index contributed by atoms with van der Waals surface area (Å²) in [6, 6.07) is 12.4. The lowest BCUT2D eigenvalue weighted by Gasteiger charge is -2.14. The van der Waals surface area contributed by atoms with Crippen LogP contribution in [0, 0.1) is 0 Å². The lowest BCUT2D eigenvalue weighted by molar-refractivity contribution is -0.137. The number of nitrogens with zero attached hydrogens (tertiary/aromatic N) is 2. The second-order valence-corrected chi connectivity index (χ2v) is 7.18. The number of halogens is 3. The van der Waals surface area contributed by atoms with Crippen molar-refractivity contribution in [1.82, 2.24) is 10.1 Å². The number of aromatic nitrogens is 2. The van der Waals surface area contributed by atoms with Gasteiger partial charge in [-0.2, -0.15) is 13.2 Å². The summed E-state index contributed by atoms with van der Waals surface area (Å²) in [4.78, 5) is 4.10. The van der Waals surface area contributed by atoms with E-state index in [0.29, 0.717) is 23.2 Å². The first-order valence-corrected chi connectivity index (χ1v) is 9.31. The van der Waals surface area contributed by atoms with E-state index in [0.717, 1.165) is 28.5 Å². The monoisotopic (exact) mass is 412 g/mol. The number of benzene rings is 2. The fourth-order valence-electron chi connectivity index (χ4n) is 3.49. The summed E-state index contributed by atoms with van der Waals surface area (Å²) < 4.78 is 44.0. The van der Waals surface area contributed by atoms with E-state index in [1.807, 2.05) is 24.3 Å². The van der Waals surface area contributed by atoms with Gasteiger partial charge in [0.1, 0.15) is 5.69 Å². The number of anilines is 1. The van der Waals surface area contributed by atoms with Crippen molar-refractivity contribution < 1.29 is 17.7 Å². The average Bonchev–Trinajstić information content (AvgIpc) is 3.07. The number of nitrogen functional groups attached to an aromatic ring is 1. The maximum atomic E-state index is 12.9. The standard InChI is InChI=1S/C22H19F3N4O/c23-22(24,25)17-3-1-2-13(8-17)9-18(26)11-19-20(29-30-21(19)27)15-4-5-16-12-28-7-6-14(16)10-15/h1-8,10,12,18H,9,11,26-27H2/t18-/m0/s1. The summed E-state index contributed by atoms with van der Waals surface area (Å²) in [6.07, 6.45) is -0.345. The maximum Gasteiger partial charge on any atom is 0.416 e. The lowest BCUT2D eigenvalue weighted by atomic mass is 9.96. The van der Waals surface area contributed by atoms with Crippen LogP contribution in [0.2, 0.25) is 0 Å². The van der Waals surface area contributed by atoms with E-state index >= 15 is 0 Å². The molecular weight excluding hydrogens is 393 g/mol. The molecule has 0 radical (unpaired) electrons. The van der Waals surface area contributed by atoms with E-state index < -0.39 is 17.8 Å². The minimum Gasteiger partial charge on any atom is -0.367 e. The summed E-state index contributed by atoms with van der Waals surface area (Å²) in [5, 5.41) is 6.06. The van der Waals surface area contributed by atoms with Gasteiger partial charge in [0.05, 0.1) is 5.56 Å². The van der Waals surface area contributed by atoms with E-state index in [-0.39, 0.29) is 12.3 Å². The molecule has 0 amide bonds. The molecule has 0 saturated heterocycles. The molecule has 4 rings (SSSR count). The number of alkyl halides is 3. The van der Waals surface area contributed by atoms with Gasteiger partial charge in [0.25, 0.3) is 0 Å². The third-order valence-electron chi connectivity index (χ3n) is 4.95. The molecule has 0 fully saturated rings. The topological polar surface area (TPSA) is 91.0 Å². The molecular formula is C22H19F3N4O. The first-order chi connectivity index (χ1) is 14.3. The molecule has 8 heteroatoms. The van der Waals surface area contributed by atoms with Crippen LogP contribution in [-0.4, -0.2) is 16.2 Å². The van der Waals surface area contributed by atoms with E-state index in [2.05, 4.69) is 10.1 Å². The SMILES string of the molecule is Nc1onc(-c2ccc3cnccc3c2)c1C[C@@H](N)Cc1cccc(C(F)(F)F)c1. The summed E-state index contributed by atoms with van der Waals surface area (Å²) in [5.41, 5.74) is 14.1. The second kappa shape index (κ2) is 7.79. The fourth-order valence-corrected chi connectivity index (χ4v) is 3.49. The summed E-state index contributed by atoms with van der Waals surface area (Å²) >= 11 is 0. The van der Waals surface area contributed by atoms with Gasteiger partial charge in [-0.15, -0.1) is 0 Å². The normalized spacial score (nSPS) is 12.9. The maximum absolute atomic E-state index is 12.9. The molecule has 30 heavy (non-hydrogen) atoms. The molecule has 2 aromatic heterocycles. The van der Waals surface area contributed by atoms with E-state index in [1.165, 1.54) is 6.07 Å². The highest BCUT2D eigenvalue weighted by atomic mass is 19.4. The zero-order valence-electron chi connectivity index (χ0n) is 15.9. The predicted octanol–water partition coefficient (Wildman–Crippen LogP) is 4.60. The van der Waals surface area contributed by atoms with Crippen LogP contribution in [0.25, 0.3) is 22.0 Å². The highest BCUT2D eigenvalue weighted by Crippen LogP contribution is 2.32. The Bertz CT molecular complexity index is 1190. The van der Waals surface area contributed by atoms with Crippen molar-refractivity contribution in [2.45, 2.75) is 25.1 Å². The Hall–Kier alpha value is -3.39. The van der Waals surface area contributed by atoms with Crippen molar-refractivity contribution in [3.05, 3.63) is 77.6 Å². The molecule has 0 saturated carbocycles. The Morgan fingerprint density at radius 3 is 2.63 bits per heavy atom. The number of fused-ring (bicyclic) bond motifs is 1. The van der Waals surface area contributed by atoms with Crippen molar-refractivity contribution in [1.29, 1.82) is 0 Å². The molecule has 0 aliphatic carbocycles. The van der Waals surface area contributed by atoms with Crippen molar-refractivity contribution in [3.8, 4) is 11.3 Å². The van der Waals surface area contributed by atoms with Crippen molar-refractivity contribution in [2.24, 2.45) is 5.73 Å². The van der Waals surface area contributed by atoms with Crippen LogP contribution in [0.3, 0.4) is 0 Å². The number of hydrogen-bond acceptors (Lipinski definition) is 5. The molecule has 1 atom stereocenters. The van der Waals surface area contributed by atoms with Gasteiger partial charge in [0.2, 0.25) is 5.88 Å². The van der Waals surface area contributed by atoms with Gasteiger partial charge in [0.15, 0.2) is 0 Å². The van der Waals surface area contributed by atoms with Gasteiger partial charge >= 0.3 is 6.18 Å². The molecule has 0 unspecified atom stereocenters. The van der Waals surface area contributed by atoms with Crippen LogP contribution >= 0.6 is 0 Å². The third-order valence-corrected chi connectivity index (χ3v) is 4.95. The molecule has 0 bridgehead atoms. The first-order valence-electron chi connectivity index (χ1n) is 9.31. The Morgan fingerprint density at radius 2 is 1.83 bits per heavy atom. The van der Waals surface area contributed by atoms with Crippen molar-refractivity contribution in [3.63, 3.8) is 0 Å². The zero-order valence-corrected chi connectivity index (χ0v) is 15.9. The van der Waals surface area contributed by atoms with Crippen molar-refractivity contribution in [2.75, 3.05) is 5.73 Å². The second-order valence-electron chi connectivity index (χ2n) is 7.18. The summed E-state index contributed by atoms with van der Waals surface area (Å²) in [6.45, 7) is 0. The predicted molar refractivity (Wildman–Crippen MR) is 108 cm³/mol. The molecule has 0 aliphatic rings. The highest BCUT2D eigenvalue weighted by Gasteiger charge is 2.30. The Labute approximate surface area is 170 Å². The molecule has 5 nitrogen and oxygen atoms in total. The Balaban J connectivity index is 1.57. The van der Waals surface area contributed by atoms with Crippen molar-refractivity contribution >= 4 is 16.7 Å². The Kier molecular flexibility index (Phi) is 5.17. The van der Waals surface area contributed by atoms with Crippen LogP contribution < -0.4 is 11.5 Å². The van der Waals surface area contributed by atoms with E-state index in [4.69, 9.17) is 16.0 Å². The lowest BCUT2D eigenvalue weighted by Crippen LogP contribution is -2.26. The minimum absolute atomic E-state index is 0.152. The van der Waals surface area contributed by atoms with Crippen LogP contribution in [0.4, 0.5) is 19.1 Å². The molecule has 154 valence electrons. The number of nitrogens with two attached hydrogens (primary N) is 2. The molecule has 2 aromatic carbocycles. The highest BCUT2D eigenvalue weighted by molar-refractivity contribution is 5.86. The quantitative estimate of drug-likeness (QED) is 0.500. The van der Waals surface area contributed by atoms with E-state index in [1.54, 1.807) is 18.5 Å². The first kappa shape index (κ1) is 19.9. The number of pyridine rings is 1. The smallest absolute Gasteiger partial charge is 0.367 e.